The van der Waals surface area contributed by atoms with Gasteiger partial charge in [0.1, 0.15) is 11.7 Å². The molecule has 15 heteroatoms. The minimum absolute atomic E-state index is 0.0591. The number of fused-ring (bicyclic) bond motifs is 2. The highest BCUT2D eigenvalue weighted by Gasteiger charge is 2.50. The highest BCUT2D eigenvalue weighted by molar-refractivity contribution is 6.39. The molecule has 44 heavy (non-hydrogen) atoms. The molecule has 1 unspecified atom stereocenters. The Morgan fingerprint density at radius 1 is 1.09 bits per heavy atom. The summed E-state index contributed by atoms with van der Waals surface area (Å²) < 4.78 is 37.5. The Morgan fingerprint density at radius 2 is 1.86 bits per heavy atom. The van der Waals surface area contributed by atoms with E-state index < -0.39 is 60.5 Å². The maximum atomic E-state index is 13.9. The quantitative estimate of drug-likeness (QED) is 0.228. The molecule has 4 N–H and O–H groups in total. The van der Waals surface area contributed by atoms with Crippen molar-refractivity contribution < 1.29 is 37.1 Å². The minimum atomic E-state index is -4.41. The van der Waals surface area contributed by atoms with Crippen LogP contribution in [0.4, 0.5) is 13.2 Å². The second kappa shape index (κ2) is 13.0. The normalized spacial score (nSPS) is 23.8. The summed E-state index contributed by atoms with van der Waals surface area (Å²) in [5, 5.41) is 8.80. The van der Waals surface area contributed by atoms with E-state index in [1.165, 1.54) is 4.90 Å². The summed E-state index contributed by atoms with van der Waals surface area (Å²) in [6.45, 7) is 0.300. The third-order valence-electron chi connectivity index (χ3n) is 8.77. The molecule has 3 fully saturated rings. The van der Waals surface area contributed by atoms with Gasteiger partial charge >= 0.3 is 6.18 Å². The van der Waals surface area contributed by atoms with E-state index in [0.29, 0.717) is 46.9 Å². The number of amides is 4. The molecule has 0 radical (unpaired) electrons. The molecule has 2 saturated heterocycles. The van der Waals surface area contributed by atoms with Gasteiger partial charge in [0, 0.05) is 47.9 Å². The number of carbonyl (C=O) groups excluding carboxylic acids is 5. The number of Topliss-reactive ketones (excluding diaryl/α,β-unsaturated/α-hetero) is 1. The van der Waals surface area contributed by atoms with E-state index >= 15 is 0 Å². The second-order valence-corrected chi connectivity index (χ2v) is 12.5. The van der Waals surface area contributed by atoms with Crippen molar-refractivity contribution in [1.29, 1.82) is 0 Å². The van der Waals surface area contributed by atoms with Crippen LogP contribution in [0.2, 0.25) is 10.0 Å². The Bertz CT molecular complexity index is 1480. The van der Waals surface area contributed by atoms with E-state index in [4.69, 9.17) is 23.2 Å². The molecule has 1 saturated carbocycles. The summed E-state index contributed by atoms with van der Waals surface area (Å²) >= 11 is 12.4. The van der Waals surface area contributed by atoms with Gasteiger partial charge in [0.2, 0.25) is 17.6 Å². The SMILES string of the molecule is O=C(NCCCC(F)(F)F)C(=O)C(C[C@@H]1CCNC1=O)NC(=O)[C@@H]1[C@H]2CCC[C@H]2CN1C(=O)c1cc2c(Cl)cc(Cl)cc2[nH]1. The van der Waals surface area contributed by atoms with Crippen LogP contribution < -0.4 is 16.0 Å². The fourth-order valence-electron chi connectivity index (χ4n) is 6.66. The molecular weight excluding hydrogens is 626 g/mol. The molecule has 2 aromatic rings. The molecule has 4 amide bonds. The van der Waals surface area contributed by atoms with E-state index in [-0.39, 0.29) is 36.4 Å². The van der Waals surface area contributed by atoms with Gasteiger partial charge in [-0.25, -0.2) is 0 Å². The Morgan fingerprint density at radius 3 is 2.57 bits per heavy atom. The smallest absolute Gasteiger partial charge is 0.356 e. The number of ketones is 1. The monoisotopic (exact) mass is 657 g/mol. The number of benzene rings is 1. The van der Waals surface area contributed by atoms with Crippen molar-refractivity contribution in [2.24, 2.45) is 17.8 Å². The first-order chi connectivity index (χ1) is 20.8. The highest BCUT2D eigenvalue weighted by Crippen LogP contribution is 2.43. The number of nitrogens with zero attached hydrogens (tertiary/aromatic N) is 1. The average Bonchev–Trinajstić information content (AvgIpc) is 3.73. The number of hydrogen-bond donors (Lipinski definition) is 4. The van der Waals surface area contributed by atoms with Crippen molar-refractivity contribution >= 4 is 63.5 Å². The average molecular weight is 659 g/mol. The molecule has 5 atom stereocenters. The van der Waals surface area contributed by atoms with Crippen LogP contribution >= 0.6 is 23.2 Å². The summed E-state index contributed by atoms with van der Waals surface area (Å²) in [7, 11) is 0. The predicted octanol–water partition coefficient (Wildman–Crippen LogP) is 3.75. The molecule has 3 heterocycles. The maximum Gasteiger partial charge on any atom is 0.389 e. The number of hydrogen-bond acceptors (Lipinski definition) is 5. The summed E-state index contributed by atoms with van der Waals surface area (Å²) in [5.41, 5.74) is 0.753. The van der Waals surface area contributed by atoms with Crippen molar-refractivity contribution in [2.45, 2.75) is 63.2 Å². The number of carbonyl (C=O) groups is 5. The number of nitrogens with one attached hydrogen (secondary N) is 4. The molecule has 0 spiro atoms. The molecule has 5 rings (SSSR count). The molecule has 1 aromatic carbocycles. The topological polar surface area (TPSA) is 140 Å². The number of alkyl halides is 3. The Labute approximate surface area is 260 Å². The number of aromatic nitrogens is 1. The van der Waals surface area contributed by atoms with Crippen LogP contribution in [0.1, 0.15) is 55.4 Å². The van der Waals surface area contributed by atoms with Crippen molar-refractivity contribution in [3.05, 3.63) is 33.9 Å². The van der Waals surface area contributed by atoms with Crippen molar-refractivity contribution in [2.75, 3.05) is 19.6 Å². The van der Waals surface area contributed by atoms with Crippen molar-refractivity contribution in [3.63, 3.8) is 0 Å². The van der Waals surface area contributed by atoms with Crippen LogP contribution in [0.15, 0.2) is 18.2 Å². The molecule has 238 valence electrons. The second-order valence-electron chi connectivity index (χ2n) is 11.7. The van der Waals surface area contributed by atoms with Crippen LogP contribution in [-0.2, 0) is 19.2 Å². The molecule has 10 nitrogen and oxygen atoms in total. The van der Waals surface area contributed by atoms with Crippen molar-refractivity contribution in [3.8, 4) is 0 Å². The lowest BCUT2D eigenvalue weighted by Crippen LogP contribution is -2.55. The van der Waals surface area contributed by atoms with E-state index in [0.717, 1.165) is 12.8 Å². The molecule has 3 aliphatic rings. The molecule has 1 aromatic heterocycles. The Kier molecular flexibility index (Phi) is 9.45. The fraction of sp³-hybridized carbons (Fsp3) is 0.552. The number of aromatic amines is 1. The summed E-state index contributed by atoms with van der Waals surface area (Å²) in [5.74, 6) is -4.38. The predicted molar refractivity (Wildman–Crippen MR) is 155 cm³/mol. The van der Waals surface area contributed by atoms with Crippen LogP contribution in [0, 0.1) is 17.8 Å². The first-order valence-electron chi connectivity index (χ1n) is 14.6. The van der Waals surface area contributed by atoms with Crippen LogP contribution in [0.5, 0.6) is 0 Å². The number of H-pyrrole nitrogens is 1. The van der Waals surface area contributed by atoms with Gasteiger partial charge in [-0.05, 0) is 62.1 Å². The molecule has 1 aliphatic carbocycles. The zero-order valence-corrected chi connectivity index (χ0v) is 25.1. The summed E-state index contributed by atoms with van der Waals surface area (Å²) in [4.78, 5) is 70.4. The minimum Gasteiger partial charge on any atom is -0.356 e. The fourth-order valence-corrected chi connectivity index (χ4v) is 7.21. The van der Waals surface area contributed by atoms with E-state index in [2.05, 4.69) is 20.9 Å². The maximum absolute atomic E-state index is 13.9. The Hall–Kier alpha value is -3.32. The molecule has 2 aliphatic heterocycles. The van der Waals surface area contributed by atoms with Gasteiger partial charge in [0.05, 0.1) is 11.1 Å². The number of halogens is 5. The van der Waals surface area contributed by atoms with Gasteiger partial charge in [-0.15, -0.1) is 0 Å². The lowest BCUT2D eigenvalue weighted by Gasteiger charge is -2.29. The van der Waals surface area contributed by atoms with Crippen LogP contribution in [-0.4, -0.2) is 77.2 Å². The Balaban J connectivity index is 1.35. The van der Waals surface area contributed by atoms with Gasteiger partial charge < -0.3 is 25.8 Å². The summed E-state index contributed by atoms with van der Waals surface area (Å²) in [6, 6.07) is 2.42. The lowest BCUT2D eigenvalue weighted by atomic mass is 9.91. The zero-order valence-electron chi connectivity index (χ0n) is 23.6. The summed E-state index contributed by atoms with van der Waals surface area (Å²) in [6.07, 6.45) is -3.37. The van der Waals surface area contributed by atoms with Gasteiger partial charge in [0.25, 0.3) is 11.8 Å². The zero-order chi connectivity index (χ0) is 31.8. The van der Waals surface area contributed by atoms with Crippen LogP contribution in [0.3, 0.4) is 0 Å². The first-order valence-corrected chi connectivity index (χ1v) is 15.3. The lowest BCUT2D eigenvalue weighted by molar-refractivity contribution is -0.142. The first kappa shape index (κ1) is 32.1. The third-order valence-corrected chi connectivity index (χ3v) is 9.30. The van der Waals surface area contributed by atoms with Crippen molar-refractivity contribution in [1.82, 2.24) is 25.8 Å². The van der Waals surface area contributed by atoms with E-state index in [1.807, 2.05) is 0 Å². The number of likely N-dealkylation sites (tertiary alicyclic amines) is 1. The van der Waals surface area contributed by atoms with Gasteiger partial charge in [-0.3, -0.25) is 24.0 Å². The highest BCUT2D eigenvalue weighted by atomic mass is 35.5. The van der Waals surface area contributed by atoms with Gasteiger partial charge in [0.15, 0.2) is 0 Å². The van der Waals surface area contributed by atoms with E-state index in [1.54, 1.807) is 18.2 Å². The largest absolute Gasteiger partial charge is 0.389 e. The standard InChI is InChI=1S/C29H32Cl2F3N5O5/c30-16-10-19(31)18-12-22(37-20(18)11-16)28(44)39-13-15-3-1-4-17(15)23(39)26(42)38-21(9-14-5-8-36-25(14)41)24(40)27(43)35-7-2-6-29(32,33)34/h10-12,14-15,17,21,23,37H,1-9,13H2,(H,35,43)(H,36,41)(H,38,42)/t14-,15-,17-,21?,23-/m0/s1. The molecule has 0 bridgehead atoms. The number of rotatable bonds is 10. The third kappa shape index (κ3) is 6.98. The van der Waals surface area contributed by atoms with Gasteiger partial charge in [-0.1, -0.05) is 29.6 Å². The molecular formula is C29H32Cl2F3N5O5. The van der Waals surface area contributed by atoms with Crippen LogP contribution in [0.25, 0.3) is 10.9 Å². The van der Waals surface area contributed by atoms with Gasteiger partial charge in [-0.2, -0.15) is 13.2 Å². The van der Waals surface area contributed by atoms with E-state index in [9.17, 15) is 37.1 Å².